The molecular formula is C70H47NO. The van der Waals surface area contributed by atoms with Crippen molar-refractivity contribution in [2.45, 2.75) is 24.7 Å². The second kappa shape index (κ2) is 15.3. The predicted molar refractivity (Wildman–Crippen MR) is 299 cm³/mol. The molecule has 1 aromatic heterocycles. The summed E-state index contributed by atoms with van der Waals surface area (Å²) < 4.78 is 6.56. The molecule has 2 heteroatoms. The second-order valence-corrected chi connectivity index (χ2v) is 20.3. The van der Waals surface area contributed by atoms with Crippen LogP contribution in [0.3, 0.4) is 0 Å². The van der Waals surface area contributed by atoms with Crippen LogP contribution in [0.4, 0.5) is 17.1 Å². The van der Waals surface area contributed by atoms with Gasteiger partial charge in [0.25, 0.3) is 0 Å². The van der Waals surface area contributed by atoms with Crippen LogP contribution in [0.25, 0.3) is 88.7 Å². The Morgan fingerprint density at radius 2 is 0.792 bits per heavy atom. The average Bonchev–Trinajstić information content (AvgIpc) is 4.13. The molecule has 2 nitrogen and oxygen atoms in total. The number of furan rings is 1. The number of rotatable bonds is 6. The van der Waals surface area contributed by atoms with Crippen molar-refractivity contribution in [2.75, 3.05) is 4.90 Å². The van der Waals surface area contributed by atoms with Gasteiger partial charge in [0.2, 0.25) is 0 Å². The zero-order valence-corrected chi connectivity index (χ0v) is 40.0. The molecule has 0 aliphatic heterocycles. The van der Waals surface area contributed by atoms with Crippen molar-refractivity contribution < 1.29 is 4.42 Å². The Balaban J connectivity index is 0.972. The van der Waals surface area contributed by atoms with Crippen LogP contribution in [0, 0.1) is 0 Å². The lowest BCUT2D eigenvalue weighted by atomic mass is 9.70. The van der Waals surface area contributed by atoms with Crippen molar-refractivity contribution in [2.24, 2.45) is 0 Å². The molecule has 0 saturated carbocycles. The minimum absolute atomic E-state index is 0.164. The highest BCUT2D eigenvalue weighted by Gasteiger charge is 2.51. The third-order valence-electron chi connectivity index (χ3n) is 16.3. The van der Waals surface area contributed by atoms with Gasteiger partial charge in [-0.3, -0.25) is 0 Å². The van der Waals surface area contributed by atoms with E-state index >= 15 is 0 Å². The number of hydrogen-bond donors (Lipinski definition) is 0. The van der Waals surface area contributed by atoms with Crippen molar-refractivity contribution in [3.63, 3.8) is 0 Å². The predicted octanol–water partition coefficient (Wildman–Crippen LogP) is 18.7. The van der Waals surface area contributed by atoms with E-state index in [9.17, 15) is 0 Å². The zero-order chi connectivity index (χ0) is 47.7. The molecule has 0 N–H and O–H groups in total. The Morgan fingerprint density at radius 1 is 0.278 bits per heavy atom. The van der Waals surface area contributed by atoms with Gasteiger partial charge in [-0.15, -0.1) is 0 Å². The van der Waals surface area contributed by atoms with Crippen molar-refractivity contribution in [1.29, 1.82) is 0 Å². The first-order valence-corrected chi connectivity index (χ1v) is 25.2. The van der Waals surface area contributed by atoms with Crippen LogP contribution in [0.15, 0.2) is 253 Å². The molecule has 1 heterocycles. The van der Waals surface area contributed by atoms with E-state index in [2.05, 4.69) is 261 Å². The van der Waals surface area contributed by atoms with Crippen LogP contribution in [0.1, 0.15) is 47.2 Å². The first-order valence-electron chi connectivity index (χ1n) is 25.2. The number of hydrogen-bond acceptors (Lipinski definition) is 2. The van der Waals surface area contributed by atoms with Crippen LogP contribution < -0.4 is 4.90 Å². The van der Waals surface area contributed by atoms with Gasteiger partial charge in [-0.25, -0.2) is 0 Å². The van der Waals surface area contributed by atoms with E-state index in [1.807, 2.05) is 6.07 Å². The lowest BCUT2D eigenvalue weighted by molar-refractivity contribution is 0.660. The molecular weight excluding hydrogens is 871 g/mol. The van der Waals surface area contributed by atoms with Gasteiger partial charge in [-0.2, -0.15) is 0 Å². The van der Waals surface area contributed by atoms with Gasteiger partial charge in [0.15, 0.2) is 0 Å². The van der Waals surface area contributed by atoms with E-state index in [4.69, 9.17) is 4.42 Å². The fourth-order valence-corrected chi connectivity index (χ4v) is 13.1. The highest BCUT2D eigenvalue weighted by atomic mass is 16.3. The van der Waals surface area contributed by atoms with Crippen LogP contribution in [-0.4, -0.2) is 0 Å². The molecule has 1 spiro atoms. The molecule has 12 aromatic rings. The Bertz CT molecular complexity index is 4160. The second-order valence-electron chi connectivity index (χ2n) is 20.3. The third kappa shape index (κ3) is 5.72. The quantitative estimate of drug-likeness (QED) is 0.165. The maximum atomic E-state index is 6.56. The molecule has 0 bridgehead atoms. The molecule has 0 amide bonds. The molecule has 72 heavy (non-hydrogen) atoms. The molecule has 338 valence electrons. The molecule has 0 fully saturated rings. The molecule has 0 radical (unpaired) electrons. The summed E-state index contributed by atoms with van der Waals surface area (Å²) in [6.45, 7) is 4.74. The first kappa shape index (κ1) is 40.9. The Labute approximate surface area is 419 Å². The van der Waals surface area contributed by atoms with Crippen molar-refractivity contribution >= 4 is 39.0 Å². The van der Waals surface area contributed by atoms with Crippen LogP contribution in [0.2, 0.25) is 0 Å². The number of para-hydroxylation sites is 1. The summed E-state index contributed by atoms with van der Waals surface area (Å²) in [6.07, 6.45) is 0. The van der Waals surface area contributed by atoms with E-state index in [0.717, 1.165) is 61.3 Å². The fraction of sp³-hybridized carbons (Fsp3) is 0.0571. The van der Waals surface area contributed by atoms with Crippen molar-refractivity contribution in [1.82, 2.24) is 0 Å². The fourth-order valence-electron chi connectivity index (χ4n) is 13.1. The van der Waals surface area contributed by atoms with Gasteiger partial charge in [-0.1, -0.05) is 202 Å². The summed E-state index contributed by atoms with van der Waals surface area (Å²) in [4.78, 5) is 2.46. The lowest BCUT2D eigenvalue weighted by Crippen LogP contribution is -2.25. The summed E-state index contributed by atoms with van der Waals surface area (Å²) in [5.41, 5.74) is 27.3. The maximum absolute atomic E-state index is 6.56. The van der Waals surface area contributed by atoms with Crippen LogP contribution in [0.5, 0.6) is 0 Å². The summed E-state index contributed by atoms with van der Waals surface area (Å²) >= 11 is 0. The van der Waals surface area contributed by atoms with Gasteiger partial charge in [0.1, 0.15) is 11.2 Å². The smallest absolute Gasteiger partial charge is 0.136 e. The number of anilines is 3. The van der Waals surface area contributed by atoms with Crippen LogP contribution >= 0.6 is 0 Å². The minimum Gasteiger partial charge on any atom is -0.456 e. The van der Waals surface area contributed by atoms with Crippen LogP contribution in [-0.2, 0) is 10.8 Å². The van der Waals surface area contributed by atoms with Gasteiger partial charge in [0.05, 0.1) is 5.41 Å². The van der Waals surface area contributed by atoms with Crippen molar-refractivity contribution in [3.05, 3.63) is 282 Å². The van der Waals surface area contributed by atoms with Gasteiger partial charge >= 0.3 is 0 Å². The monoisotopic (exact) mass is 917 g/mol. The molecule has 0 atom stereocenters. The highest BCUT2D eigenvalue weighted by molar-refractivity contribution is 6.07. The molecule has 3 aliphatic carbocycles. The molecule has 3 aliphatic rings. The Hall–Kier alpha value is -8.98. The summed E-state index contributed by atoms with van der Waals surface area (Å²) in [5.74, 6) is 0. The van der Waals surface area contributed by atoms with E-state index in [-0.39, 0.29) is 5.41 Å². The molecule has 15 rings (SSSR count). The maximum Gasteiger partial charge on any atom is 0.136 e. The summed E-state index contributed by atoms with van der Waals surface area (Å²) in [7, 11) is 0. The van der Waals surface area contributed by atoms with Gasteiger partial charge in [0, 0.05) is 33.2 Å². The number of fused-ring (bicyclic) bond motifs is 16. The summed E-state index contributed by atoms with van der Waals surface area (Å²) in [5, 5.41) is 2.25. The minimum atomic E-state index is -0.420. The first-order chi connectivity index (χ1) is 35.4. The van der Waals surface area contributed by atoms with E-state index in [0.29, 0.717) is 0 Å². The summed E-state index contributed by atoms with van der Waals surface area (Å²) in [6, 6.07) is 92.4. The highest BCUT2D eigenvalue weighted by Crippen LogP contribution is 2.63. The molecule has 0 saturated heterocycles. The number of benzene rings is 11. The van der Waals surface area contributed by atoms with E-state index < -0.39 is 5.41 Å². The lowest BCUT2D eigenvalue weighted by Gasteiger charge is -2.30. The number of nitrogens with zero attached hydrogens (tertiary/aromatic N) is 1. The molecule has 0 unspecified atom stereocenters. The van der Waals surface area contributed by atoms with Gasteiger partial charge in [-0.05, 0) is 161 Å². The zero-order valence-electron chi connectivity index (χ0n) is 40.0. The Kier molecular flexibility index (Phi) is 8.66. The van der Waals surface area contributed by atoms with Gasteiger partial charge < -0.3 is 9.32 Å². The molecule has 11 aromatic carbocycles. The normalized spacial score (nSPS) is 13.9. The van der Waals surface area contributed by atoms with E-state index in [1.165, 1.54) is 77.9 Å². The largest absolute Gasteiger partial charge is 0.456 e. The van der Waals surface area contributed by atoms with Crippen molar-refractivity contribution in [3.8, 4) is 66.8 Å². The third-order valence-corrected chi connectivity index (χ3v) is 16.3. The SMILES string of the molecule is CC1(C)c2ccccc2-c2ccc(N(c3cccc(-c4ccccc4)c3)c3ccc(-c4ccc5c(c4)oc4ccccc45)c(-c4ccc5c(c4)-c4ccccc4C54c5ccccc5-c5ccccc54)c3)cc21. The standard InChI is InChI=1S/C70H47NO/c1-69(2)61-26-11-6-21-52(61)56-37-34-50(43-66(56)69)71(48-20-16-19-45(39-48)44-17-4-3-5-18-44)49-33-36-51(47-31-35-58-57-25-10-15-30-67(57)72-68(58)41-47)59(42-49)46-32-38-65-60(40-46)55-24-9-14-29-64(55)70(65)62-27-12-7-22-53(62)54-23-8-13-28-63(54)70/h3-43H,1-2H3. The Morgan fingerprint density at radius 3 is 1.53 bits per heavy atom. The van der Waals surface area contributed by atoms with E-state index in [1.54, 1.807) is 0 Å². The average molecular weight is 918 g/mol. The topological polar surface area (TPSA) is 16.4 Å².